The average Bonchev–Trinajstić information content (AvgIpc) is 2.64. The summed E-state index contributed by atoms with van der Waals surface area (Å²) in [5.41, 5.74) is 1.50. The number of thioether (sulfide) groups is 1. The van der Waals surface area contributed by atoms with E-state index in [4.69, 9.17) is 51.1 Å². The Balaban J connectivity index is 1.60. The first-order valence-electron chi connectivity index (χ1n) is 8.32. The van der Waals surface area contributed by atoms with E-state index >= 15 is 0 Å². The fourth-order valence-corrected chi connectivity index (χ4v) is 4.99. The standard InChI is InChI=1S/C19H17Cl4NO2S/c20-14-3-1-4-15(21)12(14)9-24-7-8-27-18(10-24)19(25)26-11-13-16(22)5-2-6-17(13)23/h1-6,18H,7-11H2/t18-/m0/s1. The van der Waals surface area contributed by atoms with Gasteiger partial charge in [0.05, 0.1) is 0 Å². The van der Waals surface area contributed by atoms with Crippen molar-refractivity contribution in [3.05, 3.63) is 67.6 Å². The Hall–Kier alpha value is -0.620. The molecule has 27 heavy (non-hydrogen) atoms. The van der Waals surface area contributed by atoms with Gasteiger partial charge in [-0.1, -0.05) is 58.5 Å². The molecule has 1 heterocycles. The van der Waals surface area contributed by atoms with Crippen LogP contribution in [0.15, 0.2) is 36.4 Å². The number of carbonyl (C=O) groups is 1. The van der Waals surface area contributed by atoms with Crippen molar-refractivity contribution >= 4 is 64.1 Å². The van der Waals surface area contributed by atoms with Gasteiger partial charge in [-0.2, -0.15) is 0 Å². The predicted octanol–water partition coefficient (Wildman–Crippen LogP) is 5.96. The van der Waals surface area contributed by atoms with Crippen LogP contribution in [0.5, 0.6) is 0 Å². The van der Waals surface area contributed by atoms with Gasteiger partial charge in [-0.25, -0.2) is 0 Å². The van der Waals surface area contributed by atoms with Crippen LogP contribution >= 0.6 is 58.2 Å². The Morgan fingerprint density at radius 2 is 1.56 bits per heavy atom. The topological polar surface area (TPSA) is 29.5 Å². The molecule has 1 atom stereocenters. The van der Waals surface area contributed by atoms with Gasteiger partial charge in [0, 0.05) is 56.6 Å². The molecule has 2 aromatic rings. The van der Waals surface area contributed by atoms with Crippen LogP contribution in [0.1, 0.15) is 11.1 Å². The Bertz CT molecular complexity index is 793. The fourth-order valence-electron chi connectivity index (χ4n) is 2.80. The van der Waals surface area contributed by atoms with Crippen LogP contribution in [0.3, 0.4) is 0 Å². The molecule has 0 unspecified atom stereocenters. The number of carbonyl (C=O) groups excluding carboxylic acids is 1. The molecule has 0 radical (unpaired) electrons. The van der Waals surface area contributed by atoms with Gasteiger partial charge in [-0.3, -0.25) is 9.69 Å². The summed E-state index contributed by atoms with van der Waals surface area (Å²) in [6.45, 7) is 2.08. The zero-order valence-electron chi connectivity index (χ0n) is 14.3. The van der Waals surface area contributed by atoms with Crippen LogP contribution in [-0.2, 0) is 22.7 Å². The molecule has 0 N–H and O–H groups in total. The Morgan fingerprint density at radius 1 is 1.00 bits per heavy atom. The number of rotatable bonds is 5. The van der Waals surface area contributed by atoms with E-state index in [1.807, 2.05) is 18.2 Å². The second-order valence-electron chi connectivity index (χ2n) is 6.10. The first-order valence-corrected chi connectivity index (χ1v) is 10.9. The van der Waals surface area contributed by atoms with Gasteiger partial charge in [-0.15, -0.1) is 11.8 Å². The van der Waals surface area contributed by atoms with Crippen molar-refractivity contribution in [2.75, 3.05) is 18.8 Å². The molecule has 3 rings (SSSR count). The number of hydrogen-bond donors (Lipinski definition) is 0. The molecule has 3 nitrogen and oxygen atoms in total. The third-order valence-corrected chi connectivity index (χ3v) is 6.86. The highest BCUT2D eigenvalue weighted by Crippen LogP contribution is 2.29. The molecule has 1 saturated heterocycles. The maximum absolute atomic E-state index is 12.5. The van der Waals surface area contributed by atoms with Gasteiger partial charge in [0.25, 0.3) is 0 Å². The molecule has 144 valence electrons. The molecule has 0 spiro atoms. The Kier molecular flexibility index (Phi) is 7.60. The lowest BCUT2D eigenvalue weighted by molar-refractivity contribution is -0.144. The van der Waals surface area contributed by atoms with Crippen molar-refractivity contribution < 1.29 is 9.53 Å². The molecule has 0 saturated carbocycles. The van der Waals surface area contributed by atoms with Crippen LogP contribution in [0, 0.1) is 0 Å². The molecular weight excluding hydrogens is 448 g/mol. The first-order chi connectivity index (χ1) is 13.0. The zero-order chi connectivity index (χ0) is 19.4. The van der Waals surface area contributed by atoms with Crippen LogP contribution in [-0.4, -0.2) is 35.0 Å². The molecule has 8 heteroatoms. The largest absolute Gasteiger partial charge is 0.460 e. The monoisotopic (exact) mass is 463 g/mol. The minimum absolute atomic E-state index is 0.0603. The number of esters is 1. The first kappa shape index (κ1) is 21.1. The normalized spacial score (nSPS) is 17.7. The summed E-state index contributed by atoms with van der Waals surface area (Å²) in [4.78, 5) is 14.7. The second kappa shape index (κ2) is 9.73. The van der Waals surface area contributed by atoms with Gasteiger partial charge in [-0.05, 0) is 24.3 Å². The maximum atomic E-state index is 12.5. The lowest BCUT2D eigenvalue weighted by Crippen LogP contribution is -2.41. The number of benzene rings is 2. The Labute approximate surface area is 182 Å². The van der Waals surface area contributed by atoms with Gasteiger partial charge < -0.3 is 4.74 Å². The lowest BCUT2D eigenvalue weighted by atomic mass is 10.2. The van der Waals surface area contributed by atoms with E-state index in [0.29, 0.717) is 38.7 Å². The molecule has 0 amide bonds. The highest BCUT2D eigenvalue weighted by molar-refractivity contribution is 8.00. The molecule has 0 aliphatic carbocycles. The van der Waals surface area contributed by atoms with Crippen molar-refractivity contribution in [2.24, 2.45) is 0 Å². The van der Waals surface area contributed by atoms with E-state index in [0.717, 1.165) is 17.9 Å². The minimum Gasteiger partial charge on any atom is -0.460 e. The highest BCUT2D eigenvalue weighted by atomic mass is 35.5. The summed E-state index contributed by atoms with van der Waals surface area (Å²) in [5, 5.41) is 1.96. The molecule has 0 aromatic heterocycles. The summed E-state index contributed by atoms with van der Waals surface area (Å²) in [7, 11) is 0. The quantitative estimate of drug-likeness (QED) is 0.510. The summed E-state index contributed by atoms with van der Waals surface area (Å²) in [5.74, 6) is 0.556. The minimum atomic E-state index is -0.277. The molecule has 0 bridgehead atoms. The van der Waals surface area contributed by atoms with E-state index in [1.165, 1.54) is 0 Å². The summed E-state index contributed by atoms with van der Waals surface area (Å²) in [6, 6.07) is 10.7. The van der Waals surface area contributed by atoms with Gasteiger partial charge in [0.1, 0.15) is 11.9 Å². The SMILES string of the molecule is O=C(OCc1c(Cl)cccc1Cl)[C@@H]1CN(Cc2c(Cl)cccc2Cl)CCS1. The fraction of sp³-hybridized carbons (Fsp3) is 0.316. The van der Waals surface area contributed by atoms with E-state index in [-0.39, 0.29) is 17.8 Å². The zero-order valence-corrected chi connectivity index (χ0v) is 18.1. The number of ether oxygens (including phenoxy) is 1. The van der Waals surface area contributed by atoms with Gasteiger partial charge >= 0.3 is 5.97 Å². The molecular formula is C19H17Cl4NO2S. The van der Waals surface area contributed by atoms with Crippen molar-refractivity contribution in [2.45, 2.75) is 18.4 Å². The van der Waals surface area contributed by atoms with E-state index in [9.17, 15) is 4.79 Å². The van der Waals surface area contributed by atoms with Crippen molar-refractivity contribution in [1.29, 1.82) is 0 Å². The molecule has 1 aliphatic heterocycles. The van der Waals surface area contributed by atoms with Crippen molar-refractivity contribution in [1.82, 2.24) is 4.90 Å². The number of nitrogens with zero attached hydrogens (tertiary/aromatic N) is 1. The lowest BCUT2D eigenvalue weighted by Gasteiger charge is -2.31. The molecule has 1 aliphatic rings. The van der Waals surface area contributed by atoms with E-state index in [1.54, 1.807) is 30.0 Å². The average molecular weight is 465 g/mol. The molecule has 2 aromatic carbocycles. The van der Waals surface area contributed by atoms with E-state index in [2.05, 4.69) is 4.90 Å². The number of halogens is 4. The summed E-state index contributed by atoms with van der Waals surface area (Å²) >= 11 is 26.4. The van der Waals surface area contributed by atoms with Crippen molar-refractivity contribution in [3.8, 4) is 0 Å². The Morgan fingerprint density at radius 3 is 2.15 bits per heavy atom. The van der Waals surface area contributed by atoms with Gasteiger partial charge in [0.15, 0.2) is 0 Å². The predicted molar refractivity (Wildman–Crippen MR) is 114 cm³/mol. The van der Waals surface area contributed by atoms with Crippen LogP contribution in [0.4, 0.5) is 0 Å². The van der Waals surface area contributed by atoms with Crippen molar-refractivity contribution in [3.63, 3.8) is 0 Å². The summed E-state index contributed by atoms with van der Waals surface area (Å²) in [6.07, 6.45) is 0. The maximum Gasteiger partial charge on any atom is 0.320 e. The van der Waals surface area contributed by atoms with Crippen LogP contribution < -0.4 is 0 Å². The third-order valence-electron chi connectivity index (χ3n) is 4.28. The van der Waals surface area contributed by atoms with E-state index < -0.39 is 0 Å². The summed E-state index contributed by atoms with van der Waals surface area (Å²) < 4.78 is 5.47. The second-order valence-corrected chi connectivity index (χ2v) is 9.04. The third kappa shape index (κ3) is 5.47. The van der Waals surface area contributed by atoms with Crippen LogP contribution in [0.2, 0.25) is 20.1 Å². The number of hydrogen-bond acceptors (Lipinski definition) is 4. The molecule has 1 fully saturated rings. The van der Waals surface area contributed by atoms with Crippen LogP contribution in [0.25, 0.3) is 0 Å². The highest BCUT2D eigenvalue weighted by Gasteiger charge is 2.28. The smallest absolute Gasteiger partial charge is 0.320 e. The van der Waals surface area contributed by atoms with Gasteiger partial charge in [0.2, 0.25) is 0 Å².